The molecule has 0 amide bonds. The van der Waals surface area contributed by atoms with Gasteiger partial charge in [-0.2, -0.15) is 0 Å². The molecule has 1 N–H and O–H groups in total. The molecule has 1 aromatic carbocycles. The van der Waals surface area contributed by atoms with Crippen LogP contribution in [0.25, 0.3) is 0 Å². The van der Waals surface area contributed by atoms with Crippen LogP contribution in [0.15, 0.2) is 18.2 Å². The van der Waals surface area contributed by atoms with E-state index in [1.807, 2.05) is 0 Å². The van der Waals surface area contributed by atoms with Gasteiger partial charge in [0.05, 0.1) is 0 Å². The molecule has 2 rings (SSSR count). The highest BCUT2D eigenvalue weighted by atomic mass is 15.1. The van der Waals surface area contributed by atoms with Crippen molar-refractivity contribution in [3.8, 4) is 0 Å². The molecule has 1 nitrogen and oxygen atoms in total. The largest absolute Gasteiger partial charge is 0.310 e. The molecule has 0 radical (unpaired) electrons. The first-order valence-electron chi connectivity index (χ1n) is 5.33. The summed E-state index contributed by atoms with van der Waals surface area (Å²) >= 11 is 0. The molecule has 0 aromatic heterocycles. The van der Waals surface area contributed by atoms with Crippen LogP contribution in [0.1, 0.15) is 36.5 Å². The van der Waals surface area contributed by atoms with Gasteiger partial charge in [-0.05, 0) is 44.4 Å². The molecule has 0 bridgehead atoms. The lowest BCUT2D eigenvalue weighted by molar-refractivity contribution is 0.208. The molecule has 0 aliphatic carbocycles. The van der Waals surface area contributed by atoms with Crippen molar-refractivity contribution in [3.05, 3.63) is 34.9 Å². The van der Waals surface area contributed by atoms with E-state index in [2.05, 4.69) is 51.2 Å². The molecule has 1 fully saturated rings. The van der Waals surface area contributed by atoms with Crippen molar-refractivity contribution in [2.75, 3.05) is 6.54 Å². The van der Waals surface area contributed by atoms with Gasteiger partial charge in [0.1, 0.15) is 0 Å². The van der Waals surface area contributed by atoms with Crippen LogP contribution < -0.4 is 5.32 Å². The third-order valence-corrected chi connectivity index (χ3v) is 3.57. The van der Waals surface area contributed by atoms with Crippen LogP contribution >= 0.6 is 0 Å². The Morgan fingerprint density at radius 2 is 1.93 bits per heavy atom. The maximum atomic E-state index is 3.47. The smallest absolute Gasteiger partial charge is 0.0206 e. The van der Waals surface area contributed by atoms with Crippen molar-refractivity contribution >= 4 is 0 Å². The van der Waals surface area contributed by atoms with E-state index in [-0.39, 0.29) is 5.54 Å². The van der Waals surface area contributed by atoms with E-state index in [0.29, 0.717) is 5.92 Å². The van der Waals surface area contributed by atoms with E-state index in [4.69, 9.17) is 0 Å². The van der Waals surface area contributed by atoms with Gasteiger partial charge in [0, 0.05) is 18.0 Å². The molecule has 1 aromatic rings. The maximum absolute atomic E-state index is 3.47. The Morgan fingerprint density at radius 3 is 2.36 bits per heavy atom. The third kappa shape index (κ3) is 1.46. The van der Waals surface area contributed by atoms with Crippen LogP contribution in [0.3, 0.4) is 0 Å². The molecule has 1 unspecified atom stereocenters. The minimum absolute atomic E-state index is 0.279. The number of hydrogen-bond donors (Lipinski definition) is 1. The molecular weight excluding hydrogens is 170 g/mol. The van der Waals surface area contributed by atoms with Gasteiger partial charge in [-0.3, -0.25) is 0 Å². The highest BCUT2D eigenvalue weighted by Crippen LogP contribution is 2.35. The summed E-state index contributed by atoms with van der Waals surface area (Å²) in [5, 5.41) is 3.47. The SMILES string of the molecule is Cc1ccc(C2CNC2(C)C)cc1C. The average molecular weight is 189 g/mol. The van der Waals surface area contributed by atoms with Crippen molar-refractivity contribution in [3.63, 3.8) is 0 Å². The van der Waals surface area contributed by atoms with Gasteiger partial charge in [-0.25, -0.2) is 0 Å². The molecule has 1 aliphatic rings. The molecule has 14 heavy (non-hydrogen) atoms. The van der Waals surface area contributed by atoms with Crippen LogP contribution in [-0.2, 0) is 0 Å². The second kappa shape index (κ2) is 3.09. The number of nitrogens with one attached hydrogen (secondary N) is 1. The van der Waals surface area contributed by atoms with Gasteiger partial charge in [-0.1, -0.05) is 18.2 Å². The second-order valence-corrected chi connectivity index (χ2v) is 5.00. The molecular formula is C13H19N. The monoisotopic (exact) mass is 189 g/mol. The fourth-order valence-electron chi connectivity index (χ4n) is 2.13. The van der Waals surface area contributed by atoms with Crippen molar-refractivity contribution < 1.29 is 0 Å². The summed E-state index contributed by atoms with van der Waals surface area (Å²) in [6, 6.07) is 6.84. The van der Waals surface area contributed by atoms with E-state index in [1.54, 1.807) is 0 Å². The summed E-state index contributed by atoms with van der Waals surface area (Å²) in [6.45, 7) is 10.0. The molecule has 1 saturated heterocycles. The fourth-order valence-corrected chi connectivity index (χ4v) is 2.13. The Kier molecular flexibility index (Phi) is 2.15. The summed E-state index contributed by atoms with van der Waals surface area (Å²) < 4.78 is 0. The van der Waals surface area contributed by atoms with Crippen LogP contribution in [0.2, 0.25) is 0 Å². The topological polar surface area (TPSA) is 12.0 Å². The normalized spacial score (nSPS) is 24.4. The Balaban J connectivity index is 2.30. The molecule has 1 atom stereocenters. The van der Waals surface area contributed by atoms with E-state index in [0.717, 1.165) is 6.54 Å². The molecule has 0 saturated carbocycles. The van der Waals surface area contributed by atoms with Gasteiger partial charge in [0.15, 0.2) is 0 Å². The van der Waals surface area contributed by atoms with Gasteiger partial charge >= 0.3 is 0 Å². The van der Waals surface area contributed by atoms with Crippen molar-refractivity contribution in [1.29, 1.82) is 0 Å². The summed E-state index contributed by atoms with van der Waals surface area (Å²) in [6.07, 6.45) is 0. The molecule has 0 spiro atoms. The predicted octanol–water partition coefficient (Wildman–Crippen LogP) is 2.77. The van der Waals surface area contributed by atoms with Gasteiger partial charge in [0.2, 0.25) is 0 Å². The summed E-state index contributed by atoms with van der Waals surface area (Å²) in [7, 11) is 0. The summed E-state index contributed by atoms with van der Waals surface area (Å²) in [5.41, 5.74) is 4.56. The van der Waals surface area contributed by atoms with E-state index in [9.17, 15) is 0 Å². The second-order valence-electron chi connectivity index (χ2n) is 5.00. The minimum Gasteiger partial charge on any atom is -0.310 e. The zero-order valence-corrected chi connectivity index (χ0v) is 9.52. The van der Waals surface area contributed by atoms with Crippen molar-refractivity contribution in [1.82, 2.24) is 5.32 Å². The Hall–Kier alpha value is -0.820. The predicted molar refractivity (Wildman–Crippen MR) is 60.7 cm³/mol. The summed E-state index contributed by atoms with van der Waals surface area (Å²) in [5.74, 6) is 0.682. The number of rotatable bonds is 1. The highest BCUT2D eigenvalue weighted by molar-refractivity contribution is 5.35. The van der Waals surface area contributed by atoms with Crippen LogP contribution in [0.4, 0.5) is 0 Å². The minimum atomic E-state index is 0.279. The number of benzene rings is 1. The van der Waals surface area contributed by atoms with Crippen molar-refractivity contribution in [2.24, 2.45) is 0 Å². The first kappa shape index (κ1) is 9.72. The Labute approximate surface area is 86.5 Å². The molecule has 1 aliphatic heterocycles. The van der Waals surface area contributed by atoms with Gasteiger partial charge < -0.3 is 5.32 Å². The van der Waals surface area contributed by atoms with E-state index in [1.165, 1.54) is 16.7 Å². The number of hydrogen-bond acceptors (Lipinski definition) is 1. The van der Waals surface area contributed by atoms with Crippen LogP contribution in [0, 0.1) is 13.8 Å². The zero-order chi connectivity index (χ0) is 10.3. The van der Waals surface area contributed by atoms with Crippen molar-refractivity contribution in [2.45, 2.75) is 39.2 Å². The zero-order valence-electron chi connectivity index (χ0n) is 9.52. The van der Waals surface area contributed by atoms with E-state index >= 15 is 0 Å². The van der Waals surface area contributed by atoms with Gasteiger partial charge in [0.25, 0.3) is 0 Å². The molecule has 1 heterocycles. The third-order valence-electron chi connectivity index (χ3n) is 3.57. The number of aryl methyl sites for hydroxylation is 2. The Bertz CT molecular complexity index is 352. The standard InChI is InChI=1S/C13H19N/c1-9-5-6-11(7-10(9)2)12-8-14-13(12,3)4/h5-7,12,14H,8H2,1-4H3. The fraction of sp³-hybridized carbons (Fsp3) is 0.538. The lowest BCUT2D eigenvalue weighted by Crippen LogP contribution is -2.59. The van der Waals surface area contributed by atoms with E-state index < -0.39 is 0 Å². The van der Waals surface area contributed by atoms with Crippen LogP contribution in [-0.4, -0.2) is 12.1 Å². The average Bonchev–Trinajstić information content (AvgIpc) is 2.10. The summed E-state index contributed by atoms with van der Waals surface area (Å²) in [4.78, 5) is 0. The maximum Gasteiger partial charge on any atom is 0.0206 e. The highest BCUT2D eigenvalue weighted by Gasteiger charge is 2.38. The molecule has 1 heteroatoms. The quantitative estimate of drug-likeness (QED) is 0.716. The van der Waals surface area contributed by atoms with Crippen LogP contribution in [0.5, 0.6) is 0 Å². The lowest BCUT2D eigenvalue weighted by Gasteiger charge is -2.46. The van der Waals surface area contributed by atoms with Gasteiger partial charge in [-0.15, -0.1) is 0 Å². The first-order valence-corrected chi connectivity index (χ1v) is 5.33. The first-order chi connectivity index (χ1) is 6.50. The molecule has 76 valence electrons. The lowest BCUT2D eigenvalue weighted by atomic mass is 9.75. The Morgan fingerprint density at radius 1 is 1.21 bits per heavy atom.